The SMILES string of the molecule is CCCCCC/C=C\C=C/CCCCCCCC(=O)O[C@H](COC(=O)CCCCCCCCC(C)CC)COP(=O)(O)OC[C@H](O)COP(=O)(O)OC[C@@H](COC(=O)CCCCCCCCCCCCCCCCC(C)CC)OC(=O)CCCCCCCCCCCCC(C)C. The summed E-state index contributed by atoms with van der Waals surface area (Å²) >= 11 is 0. The first kappa shape index (κ1) is 93.5. The minimum atomic E-state index is -4.96. The number of phosphoric acid groups is 2. The van der Waals surface area contributed by atoms with Gasteiger partial charge in [-0.15, -0.1) is 0 Å². The normalized spacial score (nSPS) is 14.8. The number of aliphatic hydroxyl groups is 1. The Kier molecular flexibility index (Phi) is 65.3. The summed E-state index contributed by atoms with van der Waals surface area (Å²) < 4.78 is 68.5. The van der Waals surface area contributed by atoms with E-state index in [2.05, 4.69) is 72.8 Å². The van der Waals surface area contributed by atoms with Crippen LogP contribution in [0.2, 0.25) is 0 Å². The number of aliphatic hydroxyl groups excluding tert-OH is 1. The van der Waals surface area contributed by atoms with Crippen molar-refractivity contribution < 1.29 is 80.2 Å². The van der Waals surface area contributed by atoms with E-state index in [-0.39, 0.29) is 25.7 Å². The molecule has 19 heteroatoms. The van der Waals surface area contributed by atoms with Crippen molar-refractivity contribution in [1.82, 2.24) is 0 Å². The van der Waals surface area contributed by atoms with Crippen molar-refractivity contribution in [2.45, 2.75) is 388 Å². The zero-order valence-electron chi connectivity index (χ0n) is 62.3. The van der Waals surface area contributed by atoms with Gasteiger partial charge in [-0.1, -0.05) is 317 Å². The Labute approximate surface area is 586 Å². The van der Waals surface area contributed by atoms with E-state index in [1.54, 1.807) is 0 Å². The molecule has 0 aromatic rings. The summed E-state index contributed by atoms with van der Waals surface area (Å²) in [4.78, 5) is 72.8. The summed E-state index contributed by atoms with van der Waals surface area (Å²) in [5.41, 5.74) is 0. The predicted octanol–water partition coefficient (Wildman–Crippen LogP) is 22.1. The van der Waals surface area contributed by atoms with E-state index in [4.69, 9.17) is 37.0 Å². The predicted molar refractivity (Wildman–Crippen MR) is 390 cm³/mol. The lowest BCUT2D eigenvalue weighted by molar-refractivity contribution is -0.161. The van der Waals surface area contributed by atoms with Crippen molar-refractivity contribution in [3.8, 4) is 0 Å². The summed E-state index contributed by atoms with van der Waals surface area (Å²) in [6.07, 6.45) is 56.3. The van der Waals surface area contributed by atoms with Crippen LogP contribution in [0.3, 0.4) is 0 Å². The van der Waals surface area contributed by atoms with Crippen molar-refractivity contribution in [2.24, 2.45) is 17.8 Å². The lowest BCUT2D eigenvalue weighted by Crippen LogP contribution is -2.30. The van der Waals surface area contributed by atoms with Crippen LogP contribution in [0.1, 0.15) is 370 Å². The molecule has 7 atom stereocenters. The van der Waals surface area contributed by atoms with Crippen LogP contribution in [-0.2, 0) is 65.4 Å². The van der Waals surface area contributed by atoms with Gasteiger partial charge in [-0.2, -0.15) is 0 Å². The molecule has 0 aromatic carbocycles. The molecule has 0 saturated heterocycles. The van der Waals surface area contributed by atoms with E-state index in [1.807, 2.05) is 0 Å². The van der Waals surface area contributed by atoms with Gasteiger partial charge in [0.05, 0.1) is 26.4 Å². The molecule has 0 aromatic heterocycles. The van der Waals surface area contributed by atoms with Gasteiger partial charge in [-0.3, -0.25) is 37.3 Å². The summed E-state index contributed by atoms with van der Waals surface area (Å²) in [5.74, 6) is 0.178. The molecule has 0 aliphatic heterocycles. The van der Waals surface area contributed by atoms with Crippen LogP contribution in [0.25, 0.3) is 0 Å². The second-order valence-corrected chi connectivity index (χ2v) is 30.9. The van der Waals surface area contributed by atoms with Crippen molar-refractivity contribution in [3.05, 3.63) is 24.3 Å². The molecule has 0 rings (SSSR count). The van der Waals surface area contributed by atoms with E-state index in [9.17, 15) is 43.2 Å². The number of ether oxygens (including phenoxy) is 4. The van der Waals surface area contributed by atoms with Gasteiger partial charge in [0, 0.05) is 25.7 Å². The van der Waals surface area contributed by atoms with Gasteiger partial charge in [-0.05, 0) is 69.1 Å². The summed E-state index contributed by atoms with van der Waals surface area (Å²) in [6, 6.07) is 0. The minimum absolute atomic E-state index is 0.0839. The standard InChI is InChI=1S/C77H146O17P2/c1-8-11-12-13-14-15-16-17-18-23-26-32-37-46-53-60-76(81)94-73(65-88-75(80)59-52-45-40-39-43-50-57-70(7)10-3)67-92-96(85,86)90-63-71(78)62-89-95(83,84)91-66-72(93-77(82)61-54-47-38-33-28-27-29-34-41-48-55-68(4)5)64-87-74(79)58-51-44-36-31-25-22-20-19-21-24-30-35-42-49-56-69(6)9-2/h15-18,68-73,78H,8-14,19-67H2,1-7H3,(H,83,84)(H,85,86)/b16-15-,18-17-/t69?,70?,71-,72-,73-/m1/s1. The molecule has 0 fully saturated rings. The minimum Gasteiger partial charge on any atom is -0.462 e. The Morgan fingerprint density at radius 1 is 0.344 bits per heavy atom. The van der Waals surface area contributed by atoms with E-state index < -0.39 is 97.5 Å². The average Bonchev–Trinajstić information content (AvgIpc) is 1.74. The van der Waals surface area contributed by atoms with Crippen LogP contribution in [0.5, 0.6) is 0 Å². The van der Waals surface area contributed by atoms with Gasteiger partial charge >= 0.3 is 39.5 Å². The van der Waals surface area contributed by atoms with Gasteiger partial charge in [0.2, 0.25) is 0 Å². The van der Waals surface area contributed by atoms with Crippen molar-refractivity contribution in [3.63, 3.8) is 0 Å². The zero-order valence-corrected chi connectivity index (χ0v) is 64.1. The Bertz CT molecular complexity index is 1970. The molecule has 0 aliphatic rings. The van der Waals surface area contributed by atoms with Crippen molar-refractivity contribution >= 4 is 39.5 Å². The van der Waals surface area contributed by atoms with Crippen LogP contribution in [0.15, 0.2) is 24.3 Å². The van der Waals surface area contributed by atoms with E-state index in [0.717, 1.165) is 127 Å². The van der Waals surface area contributed by atoms with E-state index in [1.165, 1.54) is 161 Å². The van der Waals surface area contributed by atoms with E-state index in [0.29, 0.717) is 25.7 Å². The summed E-state index contributed by atoms with van der Waals surface area (Å²) in [5, 5.41) is 10.6. The number of carbonyl (C=O) groups is 4. The molecular formula is C77H146O17P2. The topological polar surface area (TPSA) is 237 Å². The number of hydrogen-bond donors (Lipinski definition) is 3. The number of hydrogen-bond acceptors (Lipinski definition) is 15. The first-order valence-corrected chi connectivity index (χ1v) is 42.2. The zero-order chi connectivity index (χ0) is 70.9. The molecular weight excluding hydrogens is 1260 g/mol. The van der Waals surface area contributed by atoms with E-state index >= 15 is 0 Å². The average molecular weight is 1410 g/mol. The van der Waals surface area contributed by atoms with Gasteiger partial charge in [-0.25, -0.2) is 9.13 Å². The molecule has 96 heavy (non-hydrogen) atoms. The van der Waals surface area contributed by atoms with Crippen LogP contribution in [-0.4, -0.2) is 96.7 Å². The fraction of sp³-hybridized carbons (Fsp3) is 0.896. The smallest absolute Gasteiger partial charge is 0.462 e. The third kappa shape index (κ3) is 67.4. The fourth-order valence-electron chi connectivity index (χ4n) is 11.2. The maximum atomic E-state index is 13.1. The largest absolute Gasteiger partial charge is 0.472 e. The second-order valence-electron chi connectivity index (χ2n) is 28.0. The molecule has 0 radical (unpaired) electrons. The lowest BCUT2D eigenvalue weighted by atomic mass is 9.99. The molecule has 0 spiro atoms. The Balaban J connectivity index is 5.27. The summed E-state index contributed by atoms with van der Waals surface area (Å²) in [7, 11) is -9.93. The van der Waals surface area contributed by atoms with Crippen molar-refractivity contribution in [2.75, 3.05) is 39.6 Å². The number of carbonyl (C=O) groups excluding carboxylic acids is 4. The number of phosphoric ester groups is 2. The highest BCUT2D eigenvalue weighted by Crippen LogP contribution is 2.45. The number of unbranched alkanes of at least 4 members (excludes halogenated alkanes) is 36. The Hall–Kier alpha value is -2.46. The monoisotopic (exact) mass is 1410 g/mol. The van der Waals surface area contributed by atoms with Crippen molar-refractivity contribution in [1.29, 1.82) is 0 Å². The fourth-order valence-corrected chi connectivity index (χ4v) is 12.8. The highest BCUT2D eigenvalue weighted by Gasteiger charge is 2.30. The van der Waals surface area contributed by atoms with Crippen LogP contribution in [0.4, 0.5) is 0 Å². The third-order valence-electron chi connectivity index (χ3n) is 18.0. The maximum absolute atomic E-state index is 13.1. The molecule has 0 amide bonds. The maximum Gasteiger partial charge on any atom is 0.472 e. The van der Waals surface area contributed by atoms with Gasteiger partial charge < -0.3 is 33.8 Å². The Morgan fingerprint density at radius 3 is 0.927 bits per heavy atom. The third-order valence-corrected chi connectivity index (χ3v) is 19.9. The van der Waals surface area contributed by atoms with Gasteiger partial charge in [0.25, 0.3) is 0 Å². The molecule has 0 bridgehead atoms. The van der Waals surface area contributed by atoms with Crippen LogP contribution >= 0.6 is 15.6 Å². The highest BCUT2D eigenvalue weighted by molar-refractivity contribution is 7.47. The molecule has 0 heterocycles. The molecule has 0 aliphatic carbocycles. The van der Waals surface area contributed by atoms with Crippen LogP contribution < -0.4 is 0 Å². The van der Waals surface area contributed by atoms with Crippen LogP contribution in [0, 0.1) is 17.8 Å². The molecule has 17 nitrogen and oxygen atoms in total. The first-order chi connectivity index (χ1) is 46.3. The first-order valence-electron chi connectivity index (χ1n) is 39.2. The number of allylic oxidation sites excluding steroid dienone is 4. The molecule has 3 N–H and O–H groups in total. The van der Waals surface area contributed by atoms with Gasteiger partial charge in [0.1, 0.15) is 19.3 Å². The number of esters is 4. The molecule has 566 valence electrons. The highest BCUT2D eigenvalue weighted by atomic mass is 31.2. The Morgan fingerprint density at radius 2 is 0.615 bits per heavy atom. The lowest BCUT2D eigenvalue weighted by Gasteiger charge is -2.21. The van der Waals surface area contributed by atoms with Gasteiger partial charge in [0.15, 0.2) is 12.2 Å². The molecule has 0 saturated carbocycles. The number of rotatable bonds is 73. The second kappa shape index (κ2) is 67.1. The molecule has 4 unspecified atom stereocenters. The quantitative estimate of drug-likeness (QED) is 0.0169. The summed E-state index contributed by atoms with van der Waals surface area (Å²) in [6.45, 7) is 11.8.